The lowest BCUT2D eigenvalue weighted by Gasteiger charge is -2.29. The number of benzene rings is 1. The van der Waals surface area contributed by atoms with E-state index in [0.717, 1.165) is 17.3 Å². The minimum absolute atomic E-state index is 0.117. The Labute approximate surface area is 114 Å². The van der Waals surface area contributed by atoms with Gasteiger partial charge in [0.05, 0.1) is 5.54 Å². The fourth-order valence-electron chi connectivity index (χ4n) is 2.09. The highest BCUT2D eigenvalue weighted by Crippen LogP contribution is 2.30. The summed E-state index contributed by atoms with van der Waals surface area (Å²) in [5, 5.41) is 4.55. The largest absolute Gasteiger partial charge is 0.335 e. The maximum Gasteiger partial charge on any atom is 0.161 e. The van der Waals surface area contributed by atoms with Crippen LogP contribution in [0, 0.1) is 13.8 Å². The molecule has 0 spiro atoms. The van der Waals surface area contributed by atoms with Crippen LogP contribution in [0.2, 0.25) is 0 Å². The average Bonchev–Trinajstić information content (AvgIpc) is 2.33. The molecular weight excluding hydrogens is 240 g/mol. The average molecular weight is 262 g/mol. The first-order valence-electron chi connectivity index (χ1n) is 6.59. The van der Waals surface area contributed by atoms with E-state index in [2.05, 4.69) is 51.2 Å². The Hall–Kier alpha value is -0.960. The van der Waals surface area contributed by atoms with Gasteiger partial charge in [-0.3, -0.25) is 4.99 Å². The van der Waals surface area contributed by atoms with Gasteiger partial charge in [-0.1, -0.05) is 36.4 Å². The standard InChI is InChI=1S/C15H22N2S/c1-5-15(4)8-9-18-14(17-15)16-13-7-6-11(2)10-12(13)3/h6-7,10H,5,8-9H2,1-4H3,(H,16,17). The Kier molecular flexibility index (Phi) is 4.00. The predicted octanol–water partition coefficient (Wildman–Crippen LogP) is 4.38. The molecule has 3 heteroatoms. The molecule has 1 aliphatic heterocycles. The van der Waals surface area contributed by atoms with Gasteiger partial charge in [0.1, 0.15) is 0 Å². The molecule has 0 saturated heterocycles. The zero-order valence-corrected chi connectivity index (χ0v) is 12.5. The molecule has 2 rings (SSSR count). The highest BCUT2D eigenvalue weighted by atomic mass is 32.2. The van der Waals surface area contributed by atoms with Crippen LogP contribution in [0.5, 0.6) is 0 Å². The molecule has 0 aliphatic carbocycles. The monoisotopic (exact) mass is 262 g/mol. The van der Waals surface area contributed by atoms with Crippen molar-refractivity contribution >= 4 is 22.6 Å². The number of thioether (sulfide) groups is 1. The molecule has 1 heterocycles. The number of aliphatic imine (C=N–C) groups is 1. The van der Waals surface area contributed by atoms with Crippen molar-refractivity contribution in [1.29, 1.82) is 0 Å². The van der Waals surface area contributed by atoms with Crippen LogP contribution >= 0.6 is 11.8 Å². The van der Waals surface area contributed by atoms with Gasteiger partial charge < -0.3 is 5.32 Å². The van der Waals surface area contributed by atoms with Gasteiger partial charge in [-0.05, 0) is 45.2 Å². The van der Waals surface area contributed by atoms with Crippen molar-refractivity contribution in [2.24, 2.45) is 4.99 Å². The smallest absolute Gasteiger partial charge is 0.161 e. The molecule has 18 heavy (non-hydrogen) atoms. The number of nitrogens with one attached hydrogen (secondary N) is 1. The molecule has 1 unspecified atom stereocenters. The lowest BCUT2D eigenvalue weighted by atomic mass is 9.97. The second-order valence-electron chi connectivity index (χ2n) is 5.31. The van der Waals surface area contributed by atoms with Gasteiger partial charge >= 0.3 is 0 Å². The third-order valence-electron chi connectivity index (χ3n) is 3.64. The van der Waals surface area contributed by atoms with E-state index in [1.165, 1.54) is 23.2 Å². The summed E-state index contributed by atoms with van der Waals surface area (Å²) in [4.78, 5) is 4.86. The first-order valence-corrected chi connectivity index (χ1v) is 7.58. The van der Waals surface area contributed by atoms with E-state index in [0.29, 0.717) is 0 Å². The summed E-state index contributed by atoms with van der Waals surface area (Å²) < 4.78 is 0. The van der Waals surface area contributed by atoms with E-state index < -0.39 is 0 Å². The Morgan fingerprint density at radius 1 is 1.39 bits per heavy atom. The molecule has 0 bridgehead atoms. The second kappa shape index (κ2) is 5.35. The lowest BCUT2D eigenvalue weighted by molar-refractivity contribution is 0.443. The topological polar surface area (TPSA) is 24.4 Å². The van der Waals surface area contributed by atoms with E-state index in [9.17, 15) is 0 Å². The van der Waals surface area contributed by atoms with E-state index in [-0.39, 0.29) is 5.54 Å². The molecule has 1 N–H and O–H groups in total. The van der Waals surface area contributed by atoms with Crippen molar-refractivity contribution in [3.63, 3.8) is 0 Å². The van der Waals surface area contributed by atoms with E-state index in [1.807, 2.05) is 11.8 Å². The summed E-state index contributed by atoms with van der Waals surface area (Å²) in [7, 11) is 0. The Balaban J connectivity index is 2.18. The fraction of sp³-hybridized carbons (Fsp3) is 0.533. The molecule has 1 aromatic carbocycles. The molecule has 0 fully saturated rings. The summed E-state index contributed by atoms with van der Waals surface area (Å²) in [5.41, 5.74) is 3.87. The van der Waals surface area contributed by atoms with Gasteiger partial charge in [-0.15, -0.1) is 0 Å². The summed E-state index contributed by atoms with van der Waals surface area (Å²) in [6.07, 6.45) is 2.28. The van der Waals surface area contributed by atoms with Crippen molar-refractivity contribution in [3.8, 4) is 0 Å². The third kappa shape index (κ3) is 3.08. The minimum Gasteiger partial charge on any atom is -0.335 e. The Morgan fingerprint density at radius 2 is 2.17 bits per heavy atom. The fourth-order valence-corrected chi connectivity index (χ4v) is 3.29. The van der Waals surface area contributed by atoms with Gasteiger partial charge in [0.2, 0.25) is 0 Å². The van der Waals surface area contributed by atoms with Crippen molar-refractivity contribution < 1.29 is 0 Å². The quantitative estimate of drug-likeness (QED) is 0.855. The second-order valence-corrected chi connectivity index (χ2v) is 6.39. The normalized spacial score (nSPS) is 23.7. The number of nitrogens with zero attached hydrogens (tertiary/aromatic N) is 1. The molecule has 0 aromatic heterocycles. The molecule has 1 atom stereocenters. The van der Waals surface area contributed by atoms with Crippen LogP contribution < -0.4 is 5.32 Å². The van der Waals surface area contributed by atoms with Crippen molar-refractivity contribution in [2.45, 2.75) is 46.1 Å². The van der Waals surface area contributed by atoms with Crippen molar-refractivity contribution in [1.82, 2.24) is 0 Å². The van der Waals surface area contributed by atoms with Gasteiger partial charge in [0.15, 0.2) is 5.17 Å². The zero-order chi connectivity index (χ0) is 13.2. The number of amidine groups is 1. The summed E-state index contributed by atoms with van der Waals surface area (Å²) >= 11 is 1.83. The first kappa shape index (κ1) is 13.5. The van der Waals surface area contributed by atoms with Crippen LogP contribution in [0.3, 0.4) is 0 Å². The number of anilines is 1. The highest BCUT2D eigenvalue weighted by molar-refractivity contribution is 8.14. The van der Waals surface area contributed by atoms with Gasteiger partial charge in [0, 0.05) is 11.4 Å². The summed E-state index contributed by atoms with van der Waals surface area (Å²) in [5.74, 6) is 1.15. The molecule has 1 aliphatic rings. The first-order chi connectivity index (χ1) is 8.52. The summed E-state index contributed by atoms with van der Waals surface area (Å²) in [6.45, 7) is 8.73. The minimum atomic E-state index is 0.117. The number of aryl methyl sites for hydroxylation is 2. The molecular formula is C15H22N2S. The Bertz CT molecular complexity index is 468. The summed E-state index contributed by atoms with van der Waals surface area (Å²) in [6, 6.07) is 6.49. The SMILES string of the molecule is CCC1(C)CCSC(Nc2ccc(C)cc2C)=N1. The maximum atomic E-state index is 4.86. The molecule has 1 aromatic rings. The molecule has 0 saturated carbocycles. The maximum absolute atomic E-state index is 4.86. The van der Waals surface area contributed by atoms with Crippen LogP contribution in [0.4, 0.5) is 5.69 Å². The molecule has 0 radical (unpaired) electrons. The highest BCUT2D eigenvalue weighted by Gasteiger charge is 2.25. The van der Waals surface area contributed by atoms with Gasteiger partial charge in [-0.25, -0.2) is 0 Å². The van der Waals surface area contributed by atoms with Crippen molar-refractivity contribution in [3.05, 3.63) is 29.3 Å². The number of rotatable bonds is 2. The zero-order valence-electron chi connectivity index (χ0n) is 11.7. The van der Waals surface area contributed by atoms with Crippen LogP contribution in [-0.4, -0.2) is 16.5 Å². The van der Waals surface area contributed by atoms with E-state index in [1.54, 1.807) is 0 Å². The molecule has 0 amide bonds. The van der Waals surface area contributed by atoms with Crippen LogP contribution in [-0.2, 0) is 0 Å². The van der Waals surface area contributed by atoms with E-state index in [4.69, 9.17) is 4.99 Å². The molecule has 98 valence electrons. The van der Waals surface area contributed by atoms with Gasteiger partial charge in [-0.2, -0.15) is 0 Å². The van der Waals surface area contributed by atoms with Crippen molar-refractivity contribution in [2.75, 3.05) is 11.1 Å². The van der Waals surface area contributed by atoms with Crippen LogP contribution in [0.1, 0.15) is 37.8 Å². The lowest BCUT2D eigenvalue weighted by Crippen LogP contribution is -2.29. The number of hydrogen-bond acceptors (Lipinski definition) is 3. The van der Waals surface area contributed by atoms with Gasteiger partial charge in [0.25, 0.3) is 0 Å². The van der Waals surface area contributed by atoms with Crippen LogP contribution in [0.15, 0.2) is 23.2 Å². The van der Waals surface area contributed by atoms with E-state index >= 15 is 0 Å². The Morgan fingerprint density at radius 3 is 2.83 bits per heavy atom. The predicted molar refractivity (Wildman–Crippen MR) is 82.7 cm³/mol. The number of hydrogen-bond donors (Lipinski definition) is 1. The van der Waals surface area contributed by atoms with Crippen LogP contribution in [0.25, 0.3) is 0 Å². The third-order valence-corrected chi connectivity index (χ3v) is 4.51. The molecule has 2 nitrogen and oxygen atoms in total.